The molecule has 3 nitrogen and oxygen atoms in total. The summed E-state index contributed by atoms with van der Waals surface area (Å²) >= 11 is 0. The Labute approximate surface area is 112 Å². The van der Waals surface area contributed by atoms with Crippen LogP contribution < -0.4 is 0 Å². The van der Waals surface area contributed by atoms with Gasteiger partial charge in [-0.1, -0.05) is 40.5 Å². The van der Waals surface area contributed by atoms with Crippen LogP contribution in [-0.4, -0.2) is 32.2 Å². The van der Waals surface area contributed by atoms with Gasteiger partial charge in [0.15, 0.2) is 5.78 Å². The number of Topliss-reactive ketones (excluding diaryl/α,β-unsaturated/α-hetero) is 1. The molecule has 18 heavy (non-hydrogen) atoms. The molecule has 0 rings (SSSR count). The molecule has 0 radical (unpaired) electrons. The van der Waals surface area contributed by atoms with Gasteiger partial charge in [-0.25, -0.2) is 0 Å². The fourth-order valence-electron chi connectivity index (χ4n) is 1.46. The van der Waals surface area contributed by atoms with Gasteiger partial charge in [-0.2, -0.15) is 0 Å². The molecule has 0 saturated carbocycles. The highest BCUT2D eigenvalue weighted by atomic mass is 16.5. The quantitative estimate of drug-likeness (QED) is 0.503. The van der Waals surface area contributed by atoms with Gasteiger partial charge in [-0.05, 0) is 18.8 Å². The Kier molecular flexibility index (Phi) is 11.4. The first-order chi connectivity index (χ1) is 8.54. The van der Waals surface area contributed by atoms with E-state index in [0.29, 0.717) is 6.61 Å². The van der Waals surface area contributed by atoms with Crippen LogP contribution in [0.1, 0.15) is 53.4 Å². The van der Waals surface area contributed by atoms with Crippen molar-refractivity contribution in [3.8, 4) is 0 Å². The second-order valence-electron chi connectivity index (χ2n) is 5.53. The van der Waals surface area contributed by atoms with Crippen LogP contribution in [0.5, 0.6) is 0 Å². The van der Waals surface area contributed by atoms with Crippen LogP contribution in [0.25, 0.3) is 0 Å². The minimum Gasteiger partial charge on any atom is -0.381 e. The summed E-state index contributed by atoms with van der Waals surface area (Å²) in [4.78, 5) is 11.2. The Morgan fingerprint density at radius 1 is 0.889 bits per heavy atom. The minimum atomic E-state index is 0.0715. The lowest BCUT2D eigenvalue weighted by Crippen LogP contribution is -2.15. The zero-order valence-electron chi connectivity index (χ0n) is 12.5. The normalized spacial score (nSPS) is 11.4. The molecule has 0 fully saturated rings. The summed E-state index contributed by atoms with van der Waals surface area (Å²) in [5.74, 6) is 1.03. The molecule has 0 aliphatic carbocycles. The minimum absolute atomic E-state index is 0.0715. The summed E-state index contributed by atoms with van der Waals surface area (Å²) in [6, 6.07) is 0. The van der Waals surface area contributed by atoms with Crippen molar-refractivity contribution >= 4 is 5.78 Å². The van der Waals surface area contributed by atoms with Gasteiger partial charge in [0.1, 0.15) is 6.61 Å². The summed E-state index contributed by atoms with van der Waals surface area (Å²) in [6.07, 6.45) is 4.54. The number of rotatable bonds is 12. The molecule has 0 saturated heterocycles. The van der Waals surface area contributed by atoms with E-state index in [4.69, 9.17) is 9.47 Å². The largest absolute Gasteiger partial charge is 0.381 e. The van der Waals surface area contributed by atoms with Crippen LogP contribution in [0.2, 0.25) is 0 Å². The molecule has 0 unspecified atom stereocenters. The first kappa shape index (κ1) is 17.6. The molecule has 0 aliphatic rings. The van der Waals surface area contributed by atoms with E-state index >= 15 is 0 Å². The van der Waals surface area contributed by atoms with Gasteiger partial charge >= 0.3 is 0 Å². The summed E-state index contributed by atoms with van der Waals surface area (Å²) < 4.78 is 10.8. The van der Waals surface area contributed by atoms with Crippen molar-refractivity contribution in [2.24, 2.45) is 11.8 Å². The zero-order chi connectivity index (χ0) is 13.8. The highest BCUT2D eigenvalue weighted by molar-refractivity contribution is 5.81. The van der Waals surface area contributed by atoms with Crippen LogP contribution in [0.3, 0.4) is 0 Å². The second kappa shape index (κ2) is 11.7. The lowest BCUT2D eigenvalue weighted by molar-refractivity contribution is -0.126. The molecule has 0 N–H and O–H groups in total. The maximum absolute atomic E-state index is 11.2. The average molecular weight is 258 g/mol. The van der Waals surface area contributed by atoms with Gasteiger partial charge in [0.05, 0.1) is 0 Å². The van der Waals surface area contributed by atoms with Crippen LogP contribution in [0.4, 0.5) is 0 Å². The Hall–Kier alpha value is -0.410. The van der Waals surface area contributed by atoms with E-state index in [9.17, 15) is 4.79 Å². The van der Waals surface area contributed by atoms with Crippen molar-refractivity contribution in [1.29, 1.82) is 0 Å². The number of ether oxygens (including phenoxy) is 2. The predicted octanol–water partition coefficient (Wildman–Crippen LogP) is 3.46. The zero-order valence-corrected chi connectivity index (χ0v) is 12.5. The van der Waals surface area contributed by atoms with Gasteiger partial charge in [0.25, 0.3) is 0 Å². The molecule has 0 aliphatic heterocycles. The molecular weight excluding hydrogens is 228 g/mol. The molecular formula is C15H30O3. The molecule has 3 heteroatoms. The highest BCUT2D eigenvalue weighted by Crippen LogP contribution is 2.05. The van der Waals surface area contributed by atoms with E-state index in [0.717, 1.165) is 32.0 Å². The van der Waals surface area contributed by atoms with E-state index in [1.807, 2.05) is 13.8 Å². The van der Waals surface area contributed by atoms with Crippen LogP contribution in [0.15, 0.2) is 0 Å². The van der Waals surface area contributed by atoms with Crippen molar-refractivity contribution in [3.63, 3.8) is 0 Å². The third-order valence-electron chi connectivity index (χ3n) is 2.79. The number of ketones is 1. The molecule has 0 atom stereocenters. The van der Waals surface area contributed by atoms with Crippen LogP contribution in [-0.2, 0) is 14.3 Å². The summed E-state index contributed by atoms with van der Waals surface area (Å²) in [5.41, 5.74) is 0. The van der Waals surface area contributed by atoms with Gasteiger partial charge < -0.3 is 9.47 Å². The lowest BCUT2D eigenvalue weighted by atomic mass is 10.1. The van der Waals surface area contributed by atoms with Gasteiger partial charge in [0.2, 0.25) is 0 Å². The molecule has 0 heterocycles. The predicted molar refractivity (Wildman–Crippen MR) is 74.8 cm³/mol. The van der Waals surface area contributed by atoms with Crippen molar-refractivity contribution in [1.82, 2.24) is 0 Å². The molecule has 0 spiro atoms. The third-order valence-corrected chi connectivity index (χ3v) is 2.79. The highest BCUT2D eigenvalue weighted by Gasteiger charge is 2.06. The lowest BCUT2D eigenvalue weighted by Gasteiger charge is -2.07. The Bertz CT molecular complexity index is 200. The Morgan fingerprint density at radius 2 is 1.50 bits per heavy atom. The topological polar surface area (TPSA) is 35.5 Å². The van der Waals surface area contributed by atoms with Crippen LogP contribution in [0, 0.1) is 11.8 Å². The fraction of sp³-hybridized carbons (Fsp3) is 0.933. The molecule has 0 aromatic carbocycles. The Balaban J connectivity index is 3.10. The summed E-state index contributed by atoms with van der Waals surface area (Å²) in [5, 5.41) is 0. The van der Waals surface area contributed by atoms with Crippen molar-refractivity contribution in [2.75, 3.05) is 26.4 Å². The van der Waals surface area contributed by atoms with Crippen molar-refractivity contribution in [2.45, 2.75) is 53.4 Å². The molecule has 108 valence electrons. The first-order valence-corrected chi connectivity index (χ1v) is 7.22. The standard InChI is InChI=1S/C15H30O3/c1-13(2)8-5-6-9-17-10-7-11-18-12-15(16)14(3)4/h13-14H,5-12H2,1-4H3. The average Bonchev–Trinajstić information content (AvgIpc) is 2.30. The number of hydrogen-bond donors (Lipinski definition) is 0. The number of unbranched alkanes of at least 4 members (excludes halogenated alkanes) is 1. The van der Waals surface area contributed by atoms with Gasteiger partial charge in [0, 0.05) is 25.7 Å². The third kappa shape index (κ3) is 12.1. The summed E-state index contributed by atoms with van der Waals surface area (Å²) in [6.45, 7) is 10.7. The maximum atomic E-state index is 11.2. The van der Waals surface area contributed by atoms with Crippen LogP contribution >= 0.6 is 0 Å². The Morgan fingerprint density at radius 3 is 2.11 bits per heavy atom. The van der Waals surface area contributed by atoms with E-state index in [1.54, 1.807) is 0 Å². The van der Waals surface area contributed by atoms with Crippen molar-refractivity contribution < 1.29 is 14.3 Å². The summed E-state index contributed by atoms with van der Waals surface area (Å²) in [7, 11) is 0. The smallest absolute Gasteiger partial charge is 0.160 e. The van der Waals surface area contributed by atoms with E-state index in [2.05, 4.69) is 13.8 Å². The molecule has 0 bridgehead atoms. The molecule has 0 aromatic heterocycles. The monoisotopic (exact) mass is 258 g/mol. The van der Waals surface area contributed by atoms with E-state index < -0.39 is 0 Å². The first-order valence-electron chi connectivity index (χ1n) is 7.22. The van der Waals surface area contributed by atoms with E-state index in [1.165, 1.54) is 12.8 Å². The fourth-order valence-corrected chi connectivity index (χ4v) is 1.46. The number of carbonyl (C=O) groups excluding carboxylic acids is 1. The number of carbonyl (C=O) groups is 1. The number of hydrogen-bond acceptors (Lipinski definition) is 3. The van der Waals surface area contributed by atoms with Gasteiger partial charge in [-0.15, -0.1) is 0 Å². The van der Waals surface area contributed by atoms with Crippen molar-refractivity contribution in [3.05, 3.63) is 0 Å². The van der Waals surface area contributed by atoms with Gasteiger partial charge in [-0.3, -0.25) is 4.79 Å². The SMILES string of the molecule is CC(C)CCCCOCCCOCC(=O)C(C)C. The van der Waals surface area contributed by atoms with E-state index in [-0.39, 0.29) is 18.3 Å². The second-order valence-corrected chi connectivity index (χ2v) is 5.53. The molecule has 0 amide bonds. The maximum Gasteiger partial charge on any atom is 0.160 e. The molecule has 0 aromatic rings.